The molecule has 1 N–H and O–H groups in total. The van der Waals surface area contributed by atoms with Crippen molar-refractivity contribution in [3.05, 3.63) is 35.4 Å². The molecule has 1 aromatic rings. The highest BCUT2D eigenvalue weighted by Gasteiger charge is 2.17. The summed E-state index contributed by atoms with van der Waals surface area (Å²) in [5.41, 5.74) is 2.07. The van der Waals surface area contributed by atoms with Crippen LogP contribution in [0.3, 0.4) is 0 Å². The molecule has 0 aromatic heterocycles. The first-order valence-corrected chi connectivity index (χ1v) is 4.94. The van der Waals surface area contributed by atoms with Gasteiger partial charge in [0, 0.05) is 0 Å². The van der Waals surface area contributed by atoms with E-state index in [0.717, 1.165) is 17.5 Å². The van der Waals surface area contributed by atoms with E-state index in [1.54, 1.807) is 0 Å². The zero-order chi connectivity index (χ0) is 10.6. The van der Waals surface area contributed by atoms with Crippen LogP contribution in [0.5, 0.6) is 0 Å². The molecule has 0 bridgehead atoms. The van der Waals surface area contributed by atoms with Gasteiger partial charge in [0.1, 0.15) is 0 Å². The molecule has 14 heavy (non-hydrogen) atoms. The predicted octanol–water partition coefficient (Wildman–Crippen LogP) is 2.96. The third-order valence-corrected chi connectivity index (χ3v) is 2.36. The molecule has 0 aliphatic heterocycles. The Kier molecular flexibility index (Phi) is 3.69. The monoisotopic (exact) mass is 192 g/mol. The summed E-state index contributed by atoms with van der Waals surface area (Å²) in [6.45, 7) is 4.00. The zero-order valence-corrected chi connectivity index (χ0v) is 8.66. The van der Waals surface area contributed by atoms with E-state index in [1.807, 2.05) is 38.1 Å². The van der Waals surface area contributed by atoms with Crippen molar-refractivity contribution in [3.63, 3.8) is 0 Å². The summed E-state index contributed by atoms with van der Waals surface area (Å²) in [7, 11) is 0. The second-order valence-electron chi connectivity index (χ2n) is 3.59. The molecule has 0 amide bonds. The molecule has 0 saturated heterocycles. The molecule has 1 aromatic carbocycles. The minimum absolute atomic E-state index is 0.347. The van der Waals surface area contributed by atoms with Crippen LogP contribution in [0.2, 0.25) is 0 Å². The van der Waals surface area contributed by atoms with Gasteiger partial charge >= 0.3 is 5.97 Å². The van der Waals surface area contributed by atoms with E-state index >= 15 is 0 Å². The summed E-state index contributed by atoms with van der Waals surface area (Å²) < 4.78 is 0. The molecule has 2 heteroatoms. The van der Waals surface area contributed by atoms with E-state index in [2.05, 4.69) is 0 Å². The van der Waals surface area contributed by atoms with Crippen molar-refractivity contribution in [2.45, 2.75) is 32.6 Å². The van der Waals surface area contributed by atoms with E-state index in [1.165, 1.54) is 0 Å². The number of rotatable bonds is 4. The summed E-state index contributed by atoms with van der Waals surface area (Å²) in [4.78, 5) is 11.0. The largest absolute Gasteiger partial charge is 0.481 e. The van der Waals surface area contributed by atoms with Crippen molar-refractivity contribution in [2.75, 3.05) is 0 Å². The Hall–Kier alpha value is -1.31. The number of carboxylic acid groups (broad SMARTS) is 1. The molecule has 1 atom stereocenters. The van der Waals surface area contributed by atoms with Crippen LogP contribution in [0, 0.1) is 6.92 Å². The summed E-state index contributed by atoms with van der Waals surface area (Å²) in [5.74, 6) is -1.07. The average molecular weight is 192 g/mol. The highest BCUT2D eigenvalue weighted by atomic mass is 16.4. The fourth-order valence-corrected chi connectivity index (χ4v) is 1.52. The summed E-state index contributed by atoms with van der Waals surface area (Å²) >= 11 is 0. The molecule has 0 aliphatic carbocycles. The molecule has 0 saturated carbocycles. The quantitative estimate of drug-likeness (QED) is 0.796. The van der Waals surface area contributed by atoms with Crippen molar-refractivity contribution in [1.29, 1.82) is 0 Å². The standard InChI is InChI=1S/C12H16O2/c1-3-4-11(12(13)14)10-7-5-9(2)6-8-10/h5-8,11H,3-4H2,1-2H3,(H,13,14)/t11-/m1/s1. The third-order valence-electron chi connectivity index (χ3n) is 2.36. The minimum atomic E-state index is -0.726. The summed E-state index contributed by atoms with van der Waals surface area (Å²) in [5, 5.41) is 9.03. The first-order valence-electron chi connectivity index (χ1n) is 4.94. The summed E-state index contributed by atoms with van der Waals surface area (Å²) in [6.07, 6.45) is 1.60. The van der Waals surface area contributed by atoms with Crippen LogP contribution in [0.25, 0.3) is 0 Å². The van der Waals surface area contributed by atoms with Gasteiger partial charge in [-0.05, 0) is 18.9 Å². The second-order valence-corrected chi connectivity index (χ2v) is 3.59. The maximum absolute atomic E-state index is 11.0. The molecule has 0 spiro atoms. The lowest BCUT2D eigenvalue weighted by molar-refractivity contribution is -0.139. The Bertz CT molecular complexity index is 301. The lowest BCUT2D eigenvalue weighted by Crippen LogP contribution is -2.11. The number of hydrogen-bond acceptors (Lipinski definition) is 1. The van der Waals surface area contributed by atoms with Gasteiger partial charge in [-0.15, -0.1) is 0 Å². The Labute approximate surface area is 84.6 Å². The molecule has 1 rings (SSSR count). The molecule has 0 heterocycles. The Morgan fingerprint density at radius 1 is 1.36 bits per heavy atom. The van der Waals surface area contributed by atoms with Crippen LogP contribution in [-0.4, -0.2) is 11.1 Å². The zero-order valence-electron chi connectivity index (χ0n) is 8.66. The predicted molar refractivity (Wildman–Crippen MR) is 56.5 cm³/mol. The number of benzene rings is 1. The van der Waals surface area contributed by atoms with Gasteiger partial charge in [-0.3, -0.25) is 4.79 Å². The maximum Gasteiger partial charge on any atom is 0.310 e. The van der Waals surface area contributed by atoms with Crippen LogP contribution in [0.4, 0.5) is 0 Å². The van der Waals surface area contributed by atoms with E-state index in [4.69, 9.17) is 5.11 Å². The fourth-order valence-electron chi connectivity index (χ4n) is 1.52. The molecule has 0 unspecified atom stereocenters. The van der Waals surface area contributed by atoms with Crippen LogP contribution >= 0.6 is 0 Å². The lowest BCUT2D eigenvalue weighted by atomic mass is 9.94. The first-order chi connectivity index (χ1) is 6.65. The summed E-state index contributed by atoms with van der Waals surface area (Å²) in [6, 6.07) is 7.73. The van der Waals surface area contributed by atoms with Gasteiger partial charge in [0.2, 0.25) is 0 Å². The van der Waals surface area contributed by atoms with Crippen LogP contribution < -0.4 is 0 Å². The Morgan fingerprint density at radius 3 is 2.36 bits per heavy atom. The topological polar surface area (TPSA) is 37.3 Å². The van der Waals surface area contributed by atoms with Gasteiger partial charge in [0.15, 0.2) is 0 Å². The Balaban J connectivity index is 2.87. The van der Waals surface area contributed by atoms with E-state index in [0.29, 0.717) is 6.42 Å². The normalized spacial score (nSPS) is 12.4. The molecule has 0 radical (unpaired) electrons. The van der Waals surface area contributed by atoms with Gasteiger partial charge in [0.05, 0.1) is 5.92 Å². The number of carbonyl (C=O) groups is 1. The number of aryl methyl sites for hydroxylation is 1. The SMILES string of the molecule is CCC[C@@H](C(=O)O)c1ccc(C)cc1. The van der Waals surface area contributed by atoms with Crippen molar-refractivity contribution in [2.24, 2.45) is 0 Å². The molecule has 0 aliphatic rings. The number of hydrogen-bond donors (Lipinski definition) is 1. The second kappa shape index (κ2) is 4.80. The average Bonchev–Trinajstić information content (AvgIpc) is 2.15. The molecular formula is C12H16O2. The van der Waals surface area contributed by atoms with Crippen molar-refractivity contribution >= 4 is 5.97 Å². The highest BCUT2D eigenvalue weighted by Crippen LogP contribution is 2.21. The lowest BCUT2D eigenvalue weighted by Gasteiger charge is -2.11. The third kappa shape index (κ3) is 2.59. The van der Waals surface area contributed by atoms with E-state index in [-0.39, 0.29) is 5.92 Å². The van der Waals surface area contributed by atoms with Crippen molar-refractivity contribution in [3.8, 4) is 0 Å². The van der Waals surface area contributed by atoms with Gasteiger partial charge in [-0.1, -0.05) is 43.2 Å². The smallest absolute Gasteiger partial charge is 0.310 e. The minimum Gasteiger partial charge on any atom is -0.481 e. The fraction of sp³-hybridized carbons (Fsp3) is 0.417. The van der Waals surface area contributed by atoms with Crippen molar-refractivity contribution in [1.82, 2.24) is 0 Å². The van der Waals surface area contributed by atoms with Crippen LogP contribution in [0.15, 0.2) is 24.3 Å². The first kappa shape index (κ1) is 10.8. The molecule has 76 valence electrons. The molecule has 2 nitrogen and oxygen atoms in total. The highest BCUT2D eigenvalue weighted by molar-refractivity contribution is 5.76. The van der Waals surface area contributed by atoms with Gasteiger partial charge in [-0.25, -0.2) is 0 Å². The van der Waals surface area contributed by atoms with E-state index < -0.39 is 5.97 Å². The van der Waals surface area contributed by atoms with Gasteiger partial charge in [-0.2, -0.15) is 0 Å². The number of aliphatic carboxylic acids is 1. The molecule has 0 fully saturated rings. The Morgan fingerprint density at radius 2 is 1.93 bits per heavy atom. The van der Waals surface area contributed by atoms with Crippen LogP contribution in [0.1, 0.15) is 36.8 Å². The van der Waals surface area contributed by atoms with Crippen LogP contribution in [-0.2, 0) is 4.79 Å². The van der Waals surface area contributed by atoms with E-state index in [9.17, 15) is 4.79 Å². The maximum atomic E-state index is 11.0. The van der Waals surface area contributed by atoms with Gasteiger partial charge in [0.25, 0.3) is 0 Å². The van der Waals surface area contributed by atoms with Crippen molar-refractivity contribution < 1.29 is 9.90 Å². The van der Waals surface area contributed by atoms with Gasteiger partial charge < -0.3 is 5.11 Å². The molecular weight excluding hydrogens is 176 g/mol. The number of carboxylic acids is 1.